The molecule has 7 nitrogen and oxygen atoms in total. The van der Waals surface area contributed by atoms with Gasteiger partial charge < -0.3 is 20.3 Å². The van der Waals surface area contributed by atoms with Gasteiger partial charge in [-0.25, -0.2) is 4.79 Å². The van der Waals surface area contributed by atoms with E-state index in [1.165, 1.54) is 0 Å². The number of hydrogen-bond donors (Lipinski definition) is 1. The van der Waals surface area contributed by atoms with Gasteiger partial charge in [0.15, 0.2) is 0 Å². The molecule has 0 aliphatic heterocycles. The first-order valence-electron chi connectivity index (χ1n) is 2.83. The molecule has 0 unspecified atom stereocenters. The van der Waals surface area contributed by atoms with Crippen molar-refractivity contribution in [2.75, 3.05) is 7.11 Å². The first-order chi connectivity index (χ1) is 5.54. The van der Waals surface area contributed by atoms with Crippen LogP contribution in [0.25, 0.3) is 0 Å². The molecule has 0 aromatic carbocycles. The van der Waals surface area contributed by atoms with E-state index >= 15 is 0 Å². The van der Waals surface area contributed by atoms with E-state index in [-0.39, 0.29) is 0 Å². The summed E-state index contributed by atoms with van der Waals surface area (Å²) in [6.45, 7) is 0.975. The fourth-order valence-corrected chi connectivity index (χ4v) is 0.498. The minimum absolute atomic E-state index is 0.506. The van der Waals surface area contributed by atoms with Crippen LogP contribution in [0.4, 0.5) is 0 Å². The molecule has 68 valence electrons. The summed E-state index contributed by atoms with van der Waals surface area (Å²) in [5.41, 5.74) is -0.875. The van der Waals surface area contributed by atoms with Crippen LogP contribution in [0.3, 0.4) is 0 Å². The smallest absolute Gasteiger partial charge is 0.406 e. The van der Waals surface area contributed by atoms with Gasteiger partial charge in [0, 0.05) is 0 Å². The zero-order valence-electron chi connectivity index (χ0n) is 6.47. The van der Waals surface area contributed by atoms with Crippen LogP contribution in [0, 0.1) is 5.21 Å². The summed E-state index contributed by atoms with van der Waals surface area (Å²) in [7, 11) is 0.997. The third kappa shape index (κ3) is 2.11. The Morgan fingerprint density at radius 2 is 2.17 bits per heavy atom. The maximum Gasteiger partial charge on any atom is 0.406 e. The summed E-state index contributed by atoms with van der Waals surface area (Å²) >= 11 is 0. The summed E-state index contributed by atoms with van der Waals surface area (Å²) < 4.78 is 4.09. The minimum atomic E-state index is -1.14. The monoisotopic (exact) mass is 175 g/mol. The van der Waals surface area contributed by atoms with E-state index in [4.69, 9.17) is 5.21 Å². The molecule has 0 saturated heterocycles. The molecule has 0 saturated carbocycles. The van der Waals surface area contributed by atoms with Crippen LogP contribution in [0.2, 0.25) is 0 Å². The fraction of sp³-hybridized carbons (Fsp3) is 0.400. The first kappa shape index (κ1) is 10.2. The van der Waals surface area contributed by atoms with Crippen LogP contribution in [0.5, 0.6) is 0 Å². The van der Waals surface area contributed by atoms with Crippen LogP contribution in [0.15, 0.2) is 16.7 Å². The van der Waals surface area contributed by atoms with Crippen molar-refractivity contribution in [2.24, 2.45) is 5.28 Å². The summed E-state index contributed by atoms with van der Waals surface area (Å²) in [4.78, 5) is 10.2. The molecule has 0 aromatic rings. The molecule has 7 heteroatoms. The zero-order chi connectivity index (χ0) is 9.72. The lowest BCUT2D eigenvalue weighted by molar-refractivity contribution is -0.513. The maximum absolute atomic E-state index is 10.7. The van der Waals surface area contributed by atoms with Gasteiger partial charge in [0.1, 0.15) is 0 Å². The number of hydroxylamine groups is 1. The second-order valence-electron chi connectivity index (χ2n) is 1.76. The summed E-state index contributed by atoms with van der Waals surface area (Å²) in [5, 5.41) is 31.1. The van der Waals surface area contributed by atoms with Crippen molar-refractivity contribution in [1.82, 2.24) is 0 Å². The van der Waals surface area contributed by atoms with Crippen molar-refractivity contribution in [2.45, 2.75) is 6.92 Å². The third-order valence-corrected chi connectivity index (χ3v) is 0.985. The van der Waals surface area contributed by atoms with Crippen LogP contribution in [-0.4, -0.2) is 23.1 Å². The average molecular weight is 175 g/mol. The van der Waals surface area contributed by atoms with Gasteiger partial charge in [0.05, 0.1) is 7.11 Å². The molecule has 0 radical (unpaired) electrons. The summed E-state index contributed by atoms with van der Waals surface area (Å²) in [6.07, 6.45) is 0. The second-order valence-corrected chi connectivity index (χ2v) is 1.76. The third-order valence-electron chi connectivity index (χ3n) is 0.985. The molecule has 12 heavy (non-hydrogen) atoms. The minimum Gasteiger partial charge on any atom is -0.871 e. The van der Waals surface area contributed by atoms with E-state index in [9.17, 15) is 15.1 Å². The number of methoxy groups -OCH3 is 1. The number of nitrogens with zero attached hydrogens (tertiary/aromatic N) is 2. The van der Waals surface area contributed by atoms with E-state index in [0.717, 1.165) is 14.0 Å². The lowest BCUT2D eigenvalue weighted by atomic mass is 10.4. The van der Waals surface area contributed by atoms with E-state index in [0.29, 0.717) is 0 Å². The Bertz CT molecular complexity index is 240. The highest BCUT2D eigenvalue weighted by Crippen LogP contribution is 2.02. The number of carbonyl (C=O) groups is 1. The number of allylic oxidation sites excluding steroid dienone is 1. The van der Waals surface area contributed by atoms with Crippen molar-refractivity contribution in [1.29, 1.82) is 0 Å². The number of ether oxygens (including phenoxy) is 1. The highest BCUT2D eigenvalue weighted by Gasteiger charge is 2.20. The van der Waals surface area contributed by atoms with Crippen molar-refractivity contribution in [3.63, 3.8) is 0 Å². The van der Waals surface area contributed by atoms with Gasteiger partial charge in [-0.3, -0.25) is 0 Å². The normalized spacial score (nSPS) is 13.7. The van der Waals surface area contributed by atoms with Crippen LogP contribution < -0.4 is 5.11 Å². The quantitative estimate of drug-likeness (QED) is 0.146. The van der Waals surface area contributed by atoms with E-state index in [1.54, 1.807) is 0 Å². The lowest BCUT2D eigenvalue weighted by Crippen LogP contribution is -2.20. The highest BCUT2D eigenvalue weighted by molar-refractivity contribution is 5.85. The number of esters is 1. The Morgan fingerprint density at radius 3 is 2.42 bits per heavy atom. The second kappa shape index (κ2) is 4.16. The lowest BCUT2D eigenvalue weighted by Gasteiger charge is -2.07. The Hall–Kier alpha value is -1.79. The van der Waals surface area contributed by atoms with Gasteiger partial charge in [-0.2, -0.15) is 0 Å². The van der Waals surface area contributed by atoms with E-state index < -0.39 is 22.3 Å². The van der Waals surface area contributed by atoms with Crippen molar-refractivity contribution >= 4 is 5.97 Å². The highest BCUT2D eigenvalue weighted by atomic mass is 16.6. The molecule has 1 N–H and O–H groups in total. The van der Waals surface area contributed by atoms with Gasteiger partial charge in [-0.1, -0.05) is 0 Å². The molecular formula is C5H7N2O5-. The predicted molar refractivity (Wildman–Crippen MR) is 32.6 cm³/mol. The molecule has 0 rings (SSSR count). The first-order valence-corrected chi connectivity index (χ1v) is 2.83. The van der Waals surface area contributed by atoms with Gasteiger partial charge in [-0.05, 0) is 17.5 Å². The number of carbonyl (C=O) groups excluding carboxylic acids is 1. The van der Waals surface area contributed by atoms with Crippen molar-refractivity contribution in [3.05, 3.63) is 16.7 Å². The number of hydrogen-bond acceptors (Lipinski definition) is 5. The molecule has 0 atom stereocenters. The topological polar surface area (TPSA) is 108 Å². The van der Waals surface area contributed by atoms with Crippen LogP contribution in [0.1, 0.15) is 6.92 Å². The largest absolute Gasteiger partial charge is 0.871 e. The van der Waals surface area contributed by atoms with Crippen molar-refractivity contribution < 1.29 is 24.7 Å². The number of rotatable bonds is 2. The Balaban J connectivity index is 4.96. The predicted octanol–water partition coefficient (Wildman–Crippen LogP) is -0.897. The molecule has 0 aliphatic carbocycles. The molecule has 0 amide bonds. The standard InChI is InChI=1S/C5H8N2O5/c1-3(8)4(5(9)12-2)7(11)6-10/h8,10H,1-2H3/p-1/b4-3+,7-6-. The average Bonchev–Trinajstić information content (AvgIpc) is 2.03. The Morgan fingerprint density at radius 1 is 1.67 bits per heavy atom. The van der Waals surface area contributed by atoms with Gasteiger partial charge in [-0.15, -0.1) is 0 Å². The molecule has 0 heterocycles. The molecule has 0 fully saturated rings. The van der Waals surface area contributed by atoms with Crippen molar-refractivity contribution in [3.8, 4) is 0 Å². The summed E-state index contributed by atoms with van der Waals surface area (Å²) in [6, 6.07) is 0. The molecule has 0 aromatic heterocycles. The zero-order valence-corrected chi connectivity index (χ0v) is 6.47. The fourth-order valence-electron chi connectivity index (χ4n) is 0.498. The molecule has 0 spiro atoms. The summed E-state index contributed by atoms with van der Waals surface area (Å²) in [5.74, 6) is -1.98. The SMILES string of the molecule is COC(=O)C(=C(/C)[O-])/[N+]([O-])=N/O. The Kier molecular flexibility index (Phi) is 3.54. The molecule has 0 bridgehead atoms. The molecule has 0 aliphatic rings. The van der Waals surface area contributed by atoms with Crippen LogP contribution >= 0.6 is 0 Å². The van der Waals surface area contributed by atoms with E-state index in [2.05, 4.69) is 10.0 Å². The van der Waals surface area contributed by atoms with Crippen LogP contribution in [-0.2, 0) is 9.53 Å². The maximum atomic E-state index is 10.7. The van der Waals surface area contributed by atoms with E-state index in [1.807, 2.05) is 0 Å². The Labute approximate surface area is 67.7 Å². The van der Waals surface area contributed by atoms with Gasteiger partial charge in [0.25, 0.3) is 0 Å². The van der Waals surface area contributed by atoms with Gasteiger partial charge >= 0.3 is 11.7 Å². The molecular weight excluding hydrogens is 168 g/mol. The van der Waals surface area contributed by atoms with Gasteiger partial charge in [0.2, 0.25) is 5.28 Å².